The molecule has 0 amide bonds. The number of rotatable bonds is 27. The molecule has 3 heterocycles. The molecule has 22 nitrogen and oxygen atoms in total. The van der Waals surface area contributed by atoms with E-state index in [9.17, 15) is 58.2 Å². The van der Waals surface area contributed by atoms with Gasteiger partial charge in [-0.05, 0) is 99.1 Å². The molecule has 0 radical (unpaired) electrons. The fraction of sp³-hybridized carbons (Fsp3) is 0.518. The van der Waals surface area contributed by atoms with Gasteiger partial charge in [0.2, 0.25) is 19.9 Å². The molecule has 4 atom stereocenters. The molecule has 0 aromatic heterocycles. The lowest BCUT2D eigenvalue weighted by atomic mass is 9.64. The Hall–Kier alpha value is -6.19. The third-order valence-electron chi connectivity index (χ3n) is 13.1. The molecule has 28 heteroatoms. The fourth-order valence-corrected chi connectivity index (χ4v) is 10.3. The highest BCUT2D eigenvalue weighted by molar-refractivity contribution is 7.99. The van der Waals surface area contributed by atoms with Gasteiger partial charge in [0.15, 0.2) is 0 Å². The average Bonchev–Trinajstić information content (AvgIpc) is 3.65. The first kappa shape index (κ1) is 70.3. The van der Waals surface area contributed by atoms with Crippen molar-refractivity contribution in [2.24, 2.45) is 5.92 Å². The highest BCUT2D eigenvalue weighted by atomic mass is 32.2. The SMILES string of the molecule is CCC(CC)C(=O)OCOC(=O)c1cccc2c1OB(O)[C@@H](CC(=O)CSC)C2.CCCC(=O)OCOC(=O)c1cccc2c1OB(O)[C@@H](CC(=O)CSC)C2.CCOC(=O)OC(C)OC(=O)c1cccc2c1OB(O)[C@@H](CC(=O)CSC)C2. The Morgan fingerprint density at radius 3 is 1.27 bits per heavy atom. The van der Waals surface area contributed by atoms with Gasteiger partial charge in [0.05, 0.1) is 29.8 Å². The van der Waals surface area contributed by atoms with Crippen molar-refractivity contribution in [2.75, 3.05) is 56.2 Å². The van der Waals surface area contributed by atoms with E-state index in [1.807, 2.05) is 39.5 Å². The van der Waals surface area contributed by atoms with Crippen LogP contribution in [-0.2, 0) is 76.4 Å². The van der Waals surface area contributed by atoms with Crippen molar-refractivity contribution < 1.29 is 105 Å². The summed E-state index contributed by atoms with van der Waals surface area (Å²) in [5, 5.41) is 30.8. The molecule has 3 aromatic carbocycles. The van der Waals surface area contributed by atoms with E-state index in [0.717, 1.165) is 11.1 Å². The maximum absolute atomic E-state index is 12.4. The first-order valence-electron chi connectivity index (χ1n) is 27.3. The number of esters is 5. The number of thioether (sulfide) groups is 3. The van der Waals surface area contributed by atoms with Gasteiger partial charge in [-0.25, -0.2) is 19.2 Å². The van der Waals surface area contributed by atoms with Crippen LogP contribution in [0.2, 0.25) is 17.5 Å². The number of ketones is 3. The fourth-order valence-electron chi connectivity index (χ4n) is 8.98. The smallest absolute Gasteiger partial charge is 0.526 e. The highest BCUT2D eigenvalue weighted by Gasteiger charge is 2.41. The minimum absolute atomic E-state index is 0.0316. The molecule has 3 aromatic rings. The minimum Gasteiger partial charge on any atom is -0.535 e. The van der Waals surface area contributed by atoms with Crippen LogP contribution in [0.15, 0.2) is 54.6 Å². The van der Waals surface area contributed by atoms with Crippen LogP contribution in [0.4, 0.5) is 4.79 Å². The first-order chi connectivity index (χ1) is 40.2. The van der Waals surface area contributed by atoms with Gasteiger partial charge < -0.3 is 62.2 Å². The average molecular weight is 1230 g/mol. The Labute approximate surface area is 502 Å². The number of Topliss-reactive ketones (excluding diaryl/α,β-unsaturated/α-hetero) is 3. The van der Waals surface area contributed by atoms with Gasteiger partial charge in [-0.3, -0.25) is 24.0 Å². The van der Waals surface area contributed by atoms with Gasteiger partial charge in [-0.2, -0.15) is 35.3 Å². The van der Waals surface area contributed by atoms with Gasteiger partial charge in [-0.1, -0.05) is 57.2 Å². The number of hydrogen-bond acceptors (Lipinski definition) is 25. The number of benzene rings is 3. The molecular weight excluding hydrogens is 1150 g/mol. The second-order valence-electron chi connectivity index (χ2n) is 19.4. The third-order valence-corrected chi connectivity index (χ3v) is 14.9. The van der Waals surface area contributed by atoms with Crippen molar-refractivity contribution in [2.45, 2.75) is 123 Å². The summed E-state index contributed by atoms with van der Waals surface area (Å²) < 4.78 is 51.0. The predicted molar refractivity (Wildman–Crippen MR) is 316 cm³/mol. The summed E-state index contributed by atoms with van der Waals surface area (Å²) in [5.41, 5.74) is 2.53. The van der Waals surface area contributed by atoms with Gasteiger partial charge in [0, 0.05) is 50.1 Å². The molecule has 0 saturated heterocycles. The van der Waals surface area contributed by atoms with Crippen LogP contribution in [0, 0.1) is 5.92 Å². The summed E-state index contributed by atoms with van der Waals surface area (Å²) in [4.78, 5) is 107. The molecule has 0 aliphatic carbocycles. The van der Waals surface area contributed by atoms with Crippen molar-refractivity contribution in [3.05, 3.63) is 88.0 Å². The van der Waals surface area contributed by atoms with Crippen LogP contribution in [0.1, 0.15) is 127 Å². The number of fused-ring (bicyclic) bond motifs is 3. The van der Waals surface area contributed by atoms with Crippen LogP contribution < -0.4 is 14.0 Å². The van der Waals surface area contributed by atoms with E-state index in [-0.39, 0.29) is 107 Å². The maximum Gasteiger partial charge on any atom is 0.526 e. The Morgan fingerprint density at radius 1 is 0.536 bits per heavy atom. The normalized spacial score (nSPS) is 15.8. The Balaban J connectivity index is 0.000000270. The molecule has 3 aliphatic heterocycles. The van der Waals surface area contributed by atoms with Crippen LogP contribution in [-0.4, -0.2) is 152 Å². The third kappa shape index (κ3) is 22.0. The van der Waals surface area contributed by atoms with E-state index in [0.29, 0.717) is 61.3 Å². The molecule has 456 valence electrons. The summed E-state index contributed by atoms with van der Waals surface area (Å²) in [7, 11) is -3.57. The summed E-state index contributed by atoms with van der Waals surface area (Å²) in [6, 6.07) is 14.9. The van der Waals surface area contributed by atoms with Crippen molar-refractivity contribution in [3.63, 3.8) is 0 Å². The zero-order valence-electron chi connectivity index (χ0n) is 48.5. The zero-order valence-corrected chi connectivity index (χ0v) is 50.9. The van der Waals surface area contributed by atoms with Crippen LogP contribution in [0.25, 0.3) is 0 Å². The monoisotopic (exact) mass is 1230 g/mol. The lowest BCUT2D eigenvalue weighted by Gasteiger charge is -2.28. The second-order valence-corrected chi connectivity index (χ2v) is 22.0. The minimum atomic E-state index is -1.21. The molecule has 84 heavy (non-hydrogen) atoms. The molecule has 0 fully saturated rings. The quantitative estimate of drug-likeness (QED) is 0.0286. The first-order valence-corrected chi connectivity index (χ1v) is 31.5. The number of para-hydroxylation sites is 3. The van der Waals surface area contributed by atoms with Gasteiger partial charge in [0.25, 0.3) is 0 Å². The molecule has 3 N–H and O–H groups in total. The van der Waals surface area contributed by atoms with E-state index in [1.165, 1.54) is 60.4 Å². The van der Waals surface area contributed by atoms with E-state index in [1.54, 1.807) is 43.3 Å². The van der Waals surface area contributed by atoms with Crippen LogP contribution >= 0.6 is 35.3 Å². The maximum atomic E-state index is 12.4. The van der Waals surface area contributed by atoms with Gasteiger partial charge in [0.1, 0.15) is 51.3 Å². The van der Waals surface area contributed by atoms with Crippen LogP contribution in [0.3, 0.4) is 0 Å². The lowest BCUT2D eigenvalue weighted by Crippen LogP contribution is -2.36. The van der Waals surface area contributed by atoms with Crippen molar-refractivity contribution >= 4 is 110 Å². The summed E-state index contributed by atoms with van der Waals surface area (Å²) in [5.74, 6) is -2.40. The van der Waals surface area contributed by atoms with Crippen molar-refractivity contribution in [1.82, 2.24) is 0 Å². The molecule has 0 spiro atoms. The highest BCUT2D eigenvalue weighted by Crippen LogP contribution is 2.39. The molecular formula is C56H73B3O22S3. The number of carbonyl (C=O) groups excluding carboxylic acids is 9. The Morgan fingerprint density at radius 2 is 0.917 bits per heavy atom. The topological polar surface area (TPSA) is 307 Å². The zero-order chi connectivity index (χ0) is 61.9. The second kappa shape index (κ2) is 36.6. The molecule has 0 saturated carbocycles. The van der Waals surface area contributed by atoms with E-state index < -0.39 is 77.2 Å². The molecule has 1 unspecified atom stereocenters. The lowest BCUT2D eigenvalue weighted by molar-refractivity contribution is -0.157. The van der Waals surface area contributed by atoms with Gasteiger partial charge in [-0.15, -0.1) is 0 Å². The number of hydrogen-bond donors (Lipinski definition) is 3. The molecule has 6 rings (SSSR count). The van der Waals surface area contributed by atoms with Crippen molar-refractivity contribution in [3.8, 4) is 17.2 Å². The van der Waals surface area contributed by atoms with Crippen LogP contribution in [0.5, 0.6) is 17.2 Å². The van der Waals surface area contributed by atoms with E-state index in [2.05, 4.69) is 4.74 Å². The summed E-state index contributed by atoms with van der Waals surface area (Å²) in [6.45, 7) is 7.81. The summed E-state index contributed by atoms with van der Waals surface area (Å²) >= 11 is 4.30. The standard InChI is InChI=1S/C20H27BO7S.C18H23BO8S.C18H23BO7S/c1-4-13(5-2)19(23)26-12-27-20(24)17-8-6-7-14-9-15(10-16(22)11-29-3)21(25)28-18(14)17;1-4-24-18(22)26-11(2)25-17(21)15-7-5-6-12-8-13(9-14(20)10-28-3)19(23)27-16(12)15;1-3-5-16(21)24-11-25-18(22)15-7-4-6-12-8-13(9-14(20)10-27-2)19(23)26-17(12)15/h6-8,13,15,25H,4-5,9-12H2,1-3H3;5-7,11,13,23H,4,8-10H2,1-3H3;4,6-7,13,23H,3,5,8-11H2,1-2H3/t15-;11?,13-;13-/m111/s1. The van der Waals surface area contributed by atoms with Crippen molar-refractivity contribution in [1.29, 1.82) is 0 Å². The van der Waals surface area contributed by atoms with E-state index in [4.69, 9.17) is 42.4 Å². The van der Waals surface area contributed by atoms with E-state index >= 15 is 0 Å². The number of carbonyl (C=O) groups is 9. The predicted octanol–water partition coefficient (Wildman–Crippen LogP) is 7.61. The Kier molecular flexibility index (Phi) is 30.6. The largest absolute Gasteiger partial charge is 0.535 e. The Bertz CT molecular complexity index is 2730. The number of ether oxygens (including phenoxy) is 7. The molecule has 0 bridgehead atoms. The van der Waals surface area contributed by atoms with Gasteiger partial charge >= 0.3 is 57.4 Å². The molecule has 3 aliphatic rings. The summed E-state index contributed by atoms with van der Waals surface area (Å²) in [6.07, 6.45) is 7.49.